The van der Waals surface area contributed by atoms with Gasteiger partial charge in [0.15, 0.2) is 6.04 Å². The second kappa shape index (κ2) is 7.35. The molecule has 0 spiro atoms. The smallest absolute Gasteiger partial charge is 0.254 e. The fourth-order valence-corrected chi connectivity index (χ4v) is 5.26. The maximum atomic E-state index is 14.9. The van der Waals surface area contributed by atoms with Crippen molar-refractivity contribution in [3.8, 4) is 0 Å². The minimum absolute atomic E-state index is 0.134. The number of hydrogen-bond donors (Lipinski definition) is 1. The number of aliphatic imine (C=N–C) groups is 1. The number of benzene rings is 1. The van der Waals surface area contributed by atoms with Crippen molar-refractivity contribution in [1.29, 1.82) is 0 Å². The zero-order valence-electron chi connectivity index (χ0n) is 17.5. The Hall–Kier alpha value is -2.85. The van der Waals surface area contributed by atoms with Crippen LogP contribution < -0.4 is 9.80 Å². The van der Waals surface area contributed by atoms with Crippen LogP contribution in [0.4, 0.5) is 15.8 Å². The van der Waals surface area contributed by atoms with Crippen molar-refractivity contribution in [3.05, 3.63) is 35.7 Å². The standard InChI is InChI=1S/C22H24FN5O4/c23-14-6-3-7-15-17(14)27(11-13-5-4-10-31-13)20(29)18-16(24-12-28(15)18)19-25-21(26-32-19)22(30)8-1-2-9-22/h3,6-7,12-13,16,18,30H,1-2,4-5,8-11H2. The Bertz CT molecular complexity index is 1080. The maximum absolute atomic E-state index is 14.9. The van der Waals surface area contributed by atoms with Gasteiger partial charge in [-0.2, -0.15) is 4.98 Å². The number of aliphatic hydroxyl groups is 1. The van der Waals surface area contributed by atoms with Crippen molar-refractivity contribution >= 4 is 23.6 Å². The number of hydrogen-bond acceptors (Lipinski definition) is 8. The van der Waals surface area contributed by atoms with E-state index in [1.165, 1.54) is 17.3 Å². The SMILES string of the molecule is O=C1C2C(c3nc(C4(O)CCCC4)no3)N=CN2c2cccc(F)c2N1CC1CCCO1. The molecule has 4 heterocycles. The summed E-state index contributed by atoms with van der Waals surface area (Å²) in [6, 6.07) is 3.24. The number of amides is 1. The third kappa shape index (κ3) is 2.96. The van der Waals surface area contributed by atoms with Gasteiger partial charge < -0.3 is 24.2 Å². The molecule has 9 nitrogen and oxygen atoms in total. The molecule has 1 saturated carbocycles. The van der Waals surface area contributed by atoms with Crippen LogP contribution in [0.2, 0.25) is 0 Å². The Labute approximate surface area is 183 Å². The van der Waals surface area contributed by atoms with Crippen molar-refractivity contribution in [2.45, 2.75) is 62.3 Å². The highest BCUT2D eigenvalue weighted by Gasteiger charge is 2.50. The van der Waals surface area contributed by atoms with Crippen LogP contribution in [0.15, 0.2) is 27.7 Å². The number of anilines is 2. The van der Waals surface area contributed by atoms with E-state index in [1.54, 1.807) is 17.0 Å². The molecule has 3 unspecified atom stereocenters. The van der Waals surface area contributed by atoms with Crippen LogP contribution in [0.5, 0.6) is 0 Å². The maximum Gasteiger partial charge on any atom is 0.254 e. The van der Waals surface area contributed by atoms with E-state index in [9.17, 15) is 14.3 Å². The van der Waals surface area contributed by atoms with Crippen molar-refractivity contribution in [2.75, 3.05) is 23.0 Å². The number of carbonyl (C=O) groups excluding carboxylic acids is 1. The average Bonchev–Trinajstić information content (AvgIpc) is 3.58. The van der Waals surface area contributed by atoms with Crippen LogP contribution in [0, 0.1) is 5.82 Å². The molecule has 1 aromatic heterocycles. The minimum Gasteiger partial charge on any atom is -0.382 e. The molecule has 1 aromatic carbocycles. The third-order valence-electron chi connectivity index (χ3n) is 6.93. The van der Waals surface area contributed by atoms with Crippen molar-refractivity contribution in [3.63, 3.8) is 0 Å². The van der Waals surface area contributed by atoms with Gasteiger partial charge in [-0.25, -0.2) is 4.39 Å². The van der Waals surface area contributed by atoms with Crippen LogP contribution in [-0.4, -0.2) is 52.8 Å². The summed E-state index contributed by atoms with van der Waals surface area (Å²) in [5.41, 5.74) is -0.294. The lowest BCUT2D eigenvalue weighted by Gasteiger charge is -2.40. The highest BCUT2D eigenvalue weighted by atomic mass is 19.1. The van der Waals surface area contributed by atoms with E-state index in [0.29, 0.717) is 25.1 Å². The van der Waals surface area contributed by atoms with Gasteiger partial charge in [-0.15, -0.1) is 0 Å². The van der Waals surface area contributed by atoms with Gasteiger partial charge in [0.25, 0.3) is 11.8 Å². The number of fused-ring (bicyclic) bond motifs is 3. The third-order valence-corrected chi connectivity index (χ3v) is 6.93. The monoisotopic (exact) mass is 441 g/mol. The zero-order valence-corrected chi connectivity index (χ0v) is 17.5. The fourth-order valence-electron chi connectivity index (χ4n) is 5.26. The van der Waals surface area contributed by atoms with Crippen LogP contribution in [0.25, 0.3) is 0 Å². The normalized spacial score (nSPS) is 28.4. The summed E-state index contributed by atoms with van der Waals surface area (Å²) in [7, 11) is 0. The summed E-state index contributed by atoms with van der Waals surface area (Å²) in [5, 5.41) is 14.8. The van der Waals surface area contributed by atoms with Gasteiger partial charge in [0, 0.05) is 6.61 Å². The first-order chi connectivity index (χ1) is 15.5. The lowest BCUT2D eigenvalue weighted by atomic mass is 10.00. The van der Waals surface area contributed by atoms with Crippen LogP contribution in [0.1, 0.15) is 56.3 Å². The lowest BCUT2D eigenvalue weighted by Crippen LogP contribution is -2.54. The molecule has 10 heteroatoms. The number of aromatic nitrogens is 2. The van der Waals surface area contributed by atoms with Gasteiger partial charge in [-0.1, -0.05) is 11.2 Å². The molecule has 3 atom stereocenters. The number of carbonyl (C=O) groups is 1. The minimum atomic E-state index is -1.10. The van der Waals surface area contributed by atoms with E-state index in [2.05, 4.69) is 15.1 Å². The van der Waals surface area contributed by atoms with Crippen molar-refractivity contribution in [1.82, 2.24) is 10.1 Å². The molecule has 0 radical (unpaired) electrons. The van der Waals surface area contributed by atoms with Gasteiger partial charge >= 0.3 is 0 Å². The Balaban J connectivity index is 1.36. The van der Waals surface area contributed by atoms with Gasteiger partial charge in [-0.05, 0) is 50.7 Å². The largest absolute Gasteiger partial charge is 0.382 e. The van der Waals surface area contributed by atoms with Crippen molar-refractivity contribution < 1.29 is 23.6 Å². The molecule has 4 aliphatic rings. The molecule has 2 fully saturated rings. The highest BCUT2D eigenvalue weighted by Crippen LogP contribution is 2.44. The molecule has 1 saturated heterocycles. The quantitative estimate of drug-likeness (QED) is 0.777. The summed E-state index contributed by atoms with van der Waals surface area (Å²) in [6.45, 7) is 0.921. The van der Waals surface area contributed by atoms with E-state index >= 15 is 0 Å². The number of ether oxygens (including phenoxy) is 1. The first-order valence-corrected chi connectivity index (χ1v) is 11.1. The van der Waals surface area contributed by atoms with Crippen molar-refractivity contribution in [2.24, 2.45) is 4.99 Å². The van der Waals surface area contributed by atoms with Gasteiger partial charge in [0.2, 0.25) is 5.82 Å². The number of para-hydroxylation sites is 1. The Morgan fingerprint density at radius 1 is 1.25 bits per heavy atom. The number of rotatable bonds is 4. The molecule has 6 rings (SSSR count). The van der Waals surface area contributed by atoms with E-state index in [0.717, 1.165) is 25.7 Å². The van der Waals surface area contributed by atoms with Gasteiger partial charge in [-0.3, -0.25) is 9.79 Å². The zero-order chi connectivity index (χ0) is 21.9. The highest BCUT2D eigenvalue weighted by molar-refractivity contribution is 6.12. The van der Waals surface area contributed by atoms with Crippen LogP contribution in [0.3, 0.4) is 0 Å². The molecule has 0 bridgehead atoms. The van der Waals surface area contributed by atoms with E-state index in [-0.39, 0.29) is 36.0 Å². The molecule has 168 valence electrons. The summed E-state index contributed by atoms with van der Waals surface area (Å²) in [5.74, 6) is -0.341. The Morgan fingerprint density at radius 3 is 2.88 bits per heavy atom. The topological polar surface area (TPSA) is 104 Å². The first kappa shape index (κ1) is 19.8. The molecule has 1 aliphatic carbocycles. The molecule has 1 amide bonds. The predicted octanol–water partition coefficient (Wildman–Crippen LogP) is 2.45. The lowest BCUT2D eigenvalue weighted by molar-refractivity contribution is -0.120. The van der Waals surface area contributed by atoms with Crippen LogP contribution >= 0.6 is 0 Å². The summed E-state index contributed by atoms with van der Waals surface area (Å²) < 4.78 is 26.1. The molecule has 2 aromatic rings. The van der Waals surface area contributed by atoms with E-state index in [4.69, 9.17) is 9.26 Å². The Kier molecular flexibility index (Phi) is 4.55. The summed E-state index contributed by atoms with van der Waals surface area (Å²) in [4.78, 5) is 25.7. The first-order valence-electron chi connectivity index (χ1n) is 11.1. The molecule has 3 aliphatic heterocycles. The Morgan fingerprint density at radius 2 is 2.09 bits per heavy atom. The van der Waals surface area contributed by atoms with Crippen LogP contribution in [-0.2, 0) is 15.1 Å². The second-order valence-corrected chi connectivity index (χ2v) is 8.95. The average molecular weight is 441 g/mol. The predicted molar refractivity (Wildman–Crippen MR) is 112 cm³/mol. The molecular formula is C22H24FN5O4. The fraction of sp³-hybridized carbons (Fsp3) is 0.545. The molecule has 1 N–H and O–H groups in total. The van der Waals surface area contributed by atoms with Gasteiger partial charge in [0.1, 0.15) is 23.1 Å². The van der Waals surface area contributed by atoms with E-state index in [1.807, 2.05) is 0 Å². The number of nitrogens with zero attached hydrogens (tertiary/aromatic N) is 5. The van der Waals surface area contributed by atoms with Gasteiger partial charge in [0.05, 0.1) is 24.7 Å². The second-order valence-electron chi connectivity index (χ2n) is 8.95. The molecule has 32 heavy (non-hydrogen) atoms. The van der Waals surface area contributed by atoms with E-state index < -0.39 is 23.5 Å². The summed E-state index contributed by atoms with van der Waals surface area (Å²) >= 11 is 0. The number of halogens is 1. The molecular weight excluding hydrogens is 417 g/mol. The summed E-state index contributed by atoms with van der Waals surface area (Å²) in [6.07, 6.45) is 6.11.